The number of ether oxygens (including phenoxy) is 1. The summed E-state index contributed by atoms with van der Waals surface area (Å²) < 4.78 is 5.51. The Bertz CT molecular complexity index is 450. The molecule has 1 atom stereocenters. The first-order valence-corrected chi connectivity index (χ1v) is 7.32. The SMILES string of the molecule is CC(C)CC(CNc1nccc(OC(C)C)n1)CC(=O)O. The summed E-state index contributed by atoms with van der Waals surface area (Å²) in [4.78, 5) is 19.3. The summed E-state index contributed by atoms with van der Waals surface area (Å²) in [5.41, 5.74) is 0. The number of aliphatic carboxylic acids is 1. The molecule has 1 aromatic rings. The molecule has 0 aliphatic heterocycles. The molecule has 0 amide bonds. The average Bonchev–Trinajstić information content (AvgIpc) is 2.34. The summed E-state index contributed by atoms with van der Waals surface area (Å²) in [6.45, 7) is 8.57. The first-order chi connectivity index (χ1) is 9.86. The van der Waals surface area contributed by atoms with Gasteiger partial charge in [-0.25, -0.2) is 4.98 Å². The van der Waals surface area contributed by atoms with Gasteiger partial charge in [-0.3, -0.25) is 4.79 Å². The minimum Gasteiger partial charge on any atom is -0.481 e. The summed E-state index contributed by atoms with van der Waals surface area (Å²) >= 11 is 0. The van der Waals surface area contributed by atoms with Crippen molar-refractivity contribution in [2.75, 3.05) is 11.9 Å². The number of carboxylic acid groups (broad SMARTS) is 1. The van der Waals surface area contributed by atoms with E-state index in [1.165, 1.54) is 0 Å². The van der Waals surface area contributed by atoms with Crippen LogP contribution in [0.2, 0.25) is 0 Å². The average molecular weight is 295 g/mol. The highest BCUT2D eigenvalue weighted by atomic mass is 16.5. The van der Waals surface area contributed by atoms with Crippen molar-refractivity contribution in [1.82, 2.24) is 9.97 Å². The molecule has 6 heteroatoms. The molecular weight excluding hydrogens is 270 g/mol. The molecule has 0 saturated carbocycles. The Kier molecular flexibility index (Phi) is 6.91. The number of anilines is 1. The molecule has 21 heavy (non-hydrogen) atoms. The van der Waals surface area contributed by atoms with Gasteiger partial charge in [-0.2, -0.15) is 4.98 Å². The van der Waals surface area contributed by atoms with Crippen molar-refractivity contribution in [3.63, 3.8) is 0 Å². The first kappa shape index (κ1) is 17.2. The molecule has 1 aromatic heterocycles. The maximum absolute atomic E-state index is 10.9. The van der Waals surface area contributed by atoms with E-state index in [9.17, 15) is 4.79 Å². The molecule has 6 nitrogen and oxygen atoms in total. The van der Waals surface area contributed by atoms with Crippen molar-refractivity contribution in [2.45, 2.75) is 46.6 Å². The lowest BCUT2D eigenvalue weighted by Gasteiger charge is -2.18. The summed E-state index contributed by atoms with van der Waals surface area (Å²) in [5, 5.41) is 12.1. The van der Waals surface area contributed by atoms with Crippen LogP contribution in [0.15, 0.2) is 12.3 Å². The Morgan fingerprint density at radius 3 is 2.67 bits per heavy atom. The second-order valence-corrected chi connectivity index (χ2v) is 5.86. The number of nitrogens with zero attached hydrogens (tertiary/aromatic N) is 2. The molecule has 0 aliphatic rings. The molecule has 0 spiro atoms. The van der Waals surface area contributed by atoms with Crippen LogP contribution in [-0.4, -0.2) is 33.7 Å². The topological polar surface area (TPSA) is 84.3 Å². The zero-order valence-corrected chi connectivity index (χ0v) is 13.2. The number of carbonyl (C=O) groups is 1. The molecule has 0 fully saturated rings. The van der Waals surface area contributed by atoms with Gasteiger partial charge < -0.3 is 15.2 Å². The molecule has 1 rings (SSSR count). The number of rotatable bonds is 9. The fourth-order valence-electron chi connectivity index (χ4n) is 2.12. The molecule has 0 aliphatic carbocycles. The van der Waals surface area contributed by atoms with Gasteiger partial charge in [-0.05, 0) is 32.1 Å². The summed E-state index contributed by atoms with van der Waals surface area (Å²) in [6.07, 6.45) is 2.67. The Balaban J connectivity index is 2.59. The van der Waals surface area contributed by atoms with Crippen LogP contribution in [0.1, 0.15) is 40.5 Å². The predicted octanol–water partition coefficient (Wildman–Crippen LogP) is 2.81. The fourth-order valence-corrected chi connectivity index (χ4v) is 2.12. The highest BCUT2D eigenvalue weighted by Crippen LogP contribution is 2.17. The van der Waals surface area contributed by atoms with Gasteiger partial charge in [0.25, 0.3) is 0 Å². The highest BCUT2D eigenvalue weighted by molar-refractivity contribution is 5.67. The normalized spacial score (nSPS) is 12.5. The molecule has 0 saturated heterocycles. The number of nitrogens with one attached hydrogen (secondary N) is 1. The Morgan fingerprint density at radius 1 is 1.38 bits per heavy atom. The van der Waals surface area contributed by atoms with Crippen molar-refractivity contribution in [2.24, 2.45) is 11.8 Å². The maximum atomic E-state index is 10.9. The van der Waals surface area contributed by atoms with E-state index in [1.54, 1.807) is 12.3 Å². The van der Waals surface area contributed by atoms with Crippen LogP contribution in [0, 0.1) is 11.8 Å². The largest absolute Gasteiger partial charge is 0.481 e. The van der Waals surface area contributed by atoms with Gasteiger partial charge in [-0.1, -0.05) is 13.8 Å². The second-order valence-electron chi connectivity index (χ2n) is 5.86. The standard InChI is InChI=1S/C15H25N3O3/c1-10(2)7-12(8-14(19)20)9-17-15-16-6-5-13(18-15)21-11(3)4/h5-6,10-12H,7-9H2,1-4H3,(H,19,20)(H,16,17,18). The molecule has 0 radical (unpaired) electrons. The van der Waals surface area contributed by atoms with E-state index in [4.69, 9.17) is 9.84 Å². The van der Waals surface area contributed by atoms with E-state index in [1.807, 2.05) is 13.8 Å². The van der Waals surface area contributed by atoms with Gasteiger partial charge in [0.05, 0.1) is 6.10 Å². The third-order valence-electron chi connectivity index (χ3n) is 2.80. The van der Waals surface area contributed by atoms with E-state index in [-0.39, 0.29) is 18.4 Å². The van der Waals surface area contributed by atoms with Crippen LogP contribution in [0.25, 0.3) is 0 Å². The summed E-state index contributed by atoms with van der Waals surface area (Å²) in [6, 6.07) is 1.70. The van der Waals surface area contributed by atoms with E-state index in [0.717, 1.165) is 6.42 Å². The molecule has 118 valence electrons. The number of carboxylic acids is 1. The fraction of sp³-hybridized carbons (Fsp3) is 0.667. The Hall–Kier alpha value is -1.85. The van der Waals surface area contributed by atoms with Gasteiger partial charge in [0, 0.05) is 25.2 Å². The van der Waals surface area contributed by atoms with Gasteiger partial charge in [-0.15, -0.1) is 0 Å². The van der Waals surface area contributed by atoms with Crippen LogP contribution in [-0.2, 0) is 4.79 Å². The van der Waals surface area contributed by atoms with Crippen LogP contribution in [0.5, 0.6) is 5.88 Å². The minimum atomic E-state index is -0.778. The summed E-state index contributed by atoms with van der Waals surface area (Å²) in [5.74, 6) is 0.710. The Morgan fingerprint density at radius 2 is 2.10 bits per heavy atom. The van der Waals surface area contributed by atoms with Gasteiger partial charge in [0.2, 0.25) is 11.8 Å². The van der Waals surface area contributed by atoms with Crippen molar-refractivity contribution < 1.29 is 14.6 Å². The van der Waals surface area contributed by atoms with Gasteiger partial charge in [0.15, 0.2) is 0 Å². The first-order valence-electron chi connectivity index (χ1n) is 7.32. The lowest BCUT2D eigenvalue weighted by atomic mass is 9.94. The van der Waals surface area contributed by atoms with Crippen molar-refractivity contribution in [1.29, 1.82) is 0 Å². The monoisotopic (exact) mass is 295 g/mol. The number of hydrogen-bond donors (Lipinski definition) is 2. The zero-order chi connectivity index (χ0) is 15.8. The van der Waals surface area contributed by atoms with Crippen LogP contribution in [0.3, 0.4) is 0 Å². The quantitative estimate of drug-likeness (QED) is 0.728. The van der Waals surface area contributed by atoms with E-state index >= 15 is 0 Å². The Labute approximate surface area is 126 Å². The third kappa shape index (κ3) is 7.48. The van der Waals surface area contributed by atoms with E-state index in [0.29, 0.717) is 24.3 Å². The van der Waals surface area contributed by atoms with Crippen molar-refractivity contribution in [3.05, 3.63) is 12.3 Å². The number of hydrogen-bond acceptors (Lipinski definition) is 5. The molecule has 1 heterocycles. The van der Waals surface area contributed by atoms with Crippen LogP contribution < -0.4 is 10.1 Å². The van der Waals surface area contributed by atoms with Crippen LogP contribution in [0.4, 0.5) is 5.95 Å². The van der Waals surface area contributed by atoms with Gasteiger partial charge in [0.1, 0.15) is 0 Å². The molecule has 0 aromatic carbocycles. The van der Waals surface area contributed by atoms with Gasteiger partial charge >= 0.3 is 5.97 Å². The highest BCUT2D eigenvalue weighted by Gasteiger charge is 2.15. The van der Waals surface area contributed by atoms with E-state index < -0.39 is 5.97 Å². The lowest BCUT2D eigenvalue weighted by Crippen LogP contribution is -2.20. The molecule has 0 bridgehead atoms. The maximum Gasteiger partial charge on any atom is 0.303 e. The smallest absolute Gasteiger partial charge is 0.303 e. The zero-order valence-electron chi connectivity index (χ0n) is 13.2. The lowest BCUT2D eigenvalue weighted by molar-refractivity contribution is -0.138. The van der Waals surface area contributed by atoms with Crippen molar-refractivity contribution in [3.8, 4) is 5.88 Å². The van der Waals surface area contributed by atoms with Crippen LogP contribution >= 0.6 is 0 Å². The van der Waals surface area contributed by atoms with E-state index in [2.05, 4.69) is 29.1 Å². The van der Waals surface area contributed by atoms with Crippen molar-refractivity contribution >= 4 is 11.9 Å². The minimum absolute atomic E-state index is 0.0495. The number of aromatic nitrogens is 2. The molecular formula is C15H25N3O3. The molecule has 1 unspecified atom stereocenters. The second kappa shape index (κ2) is 8.44. The third-order valence-corrected chi connectivity index (χ3v) is 2.80. The molecule has 2 N–H and O–H groups in total. The predicted molar refractivity (Wildman–Crippen MR) is 81.5 cm³/mol. The summed E-state index contributed by atoms with van der Waals surface area (Å²) in [7, 11) is 0.